The van der Waals surface area contributed by atoms with Crippen molar-refractivity contribution in [3.63, 3.8) is 0 Å². The molecule has 2 aromatic rings. The molecule has 0 atom stereocenters. The number of aliphatic hydroxyl groups excluding tert-OH is 1. The number of aromatic nitrogens is 2. The molecule has 94 valence electrons. The summed E-state index contributed by atoms with van der Waals surface area (Å²) in [4.78, 5) is 10.0. The summed E-state index contributed by atoms with van der Waals surface area (Å²) < 4.78 is 5.33. The van der Waals surface area contributed by atoms with Crippen LogP contribution in [0.2, 0.25) is 0 Å². The molecule has 0 spiro atoms. The van der Waals surface area contributed by atoms with Crippen LogP contribution in [0.5, 0.6) is 0 Å². The van der Waals surface area contributed by atoms with Crippen molar-refractivity contribution in [2.24, 2.45) is 0 Å². The third-order valence-corrected chi connectivity index (χ3v) is 2.85. The minimum absolute atomic E-state index is 0.00754. The molecule has 1 aromatic carbocycles. The number of non-ortho nitro benzene ring substituents is 1. The number of hydrogen-bond donors (Lipinski definition) is 1. The highest BCUT2D eigenvalue weighted by atomic mass is 32.2. The van der Waals surface area contributed by atoms with Crippen molar-refractivity contribution < 1.29 is 14.4 Å². The van der Waals surface area contributed by atoms with Gasteiger partial charge in [0.2, 0.25) is 5.89 Å². The molecule has 0 bridgehead atoms. The molecule has 18 heavy (non-hydrogen) atoms. The third-order valence-electron chi connectivity index (χ3n) is 2.05. The number of hydrogen-bond acceptors (Lipinski definition) is 7. The number of benzene rings is 1. The van der Waals surface area contributed by atoms with E-state index in [1.807, 2.05) is 0 Å². The van der Waals surface area contributed by atoms with E-state index in [-0.39, 0.29) is 12.3 Å². The second-order valence-electron chi connectivity index (χ2n) is 3.25. The van der Waals surface area contributed by atoms with Gasteiger partial charge in [0, 0.05) is 23.4 Å². The lowest BCUT2D eigenvalue weighted by Gasteiger charge is -1.94. The van der Waals surface area contributed by atoms with Crippen LogP contribution in [-0.4, -0.2) is 32.6 Å². The van der Waals surface area contributed by atoms with Crippen LogP contribution in [0.25, 0.3) is 11.5 Å². The molecule has 0 aliphatic carbocycles. The standard InChI is InChI=1S/C10H9N3O4S/c14-5-6-18-10-12-11-9(17-10)7-1-3-8(4-2-7)13(15)16/h1-4,14H,5-6H2. The van der Waals surface area contributed by atoms with E-state index in [1.54, 1.807) is 12.1 Å². The molecule has 0 aliphatic rings. The lowest BCUT2D eigenvalue weighted by Crippen LogP contribution is -1.87. The summed E-state index contributed by atoms with van der Waals surface area (Å²) in [5, 5.41) is 27.1. The normalized spacial score (nSPS) is 10.5. The van der Waals surface area contributed by atoms with Crippen LogP contribution in [0.15, 0.2) is 33.9 Å². The number of aliphatic hydroxyl groups is 1. The monoisotopic (exact) mass is 267 g/mol. The molecule has 7 nitrogen and oxygen atoms in total. The van der Waals surface area contributed by atoms with Gasteiger partial charge in [0.1, 0.15) is 0 Å². The minimum Gasteiger partial charge on any atom is -0.411 e. The van der Waals surface area contributed by atoms with Gasteiger partial charge in [-0.2, -0.15) is 0 Å². The highest BCUT2D eigenvalue weighted by molar-refractivity contribution is 7.99. The van der Waals surface area contributed by atoms with Gasteiger partial charge in [-0.25, -0.2) is 0 Å². The predicted octanol–water partition coefficient (Wildman–Crippen LogP) is 1.73. The number of nitro benzene ring substituents is 1. The lowest BCUT2D eigenvalue weighted by atomic mass is 10.2. The Bertz CT molecular complexity index is 540. The van der Waals surface area contributed by atoms with E-state index in [2.05, 4.69) is 10.2 Å². The average Bonchev–Trinajstić information content (AvgIpc) is 2.85. The molecule has 0 fully saturated rings. The van der Waals surface area contributed by atoms with Crippen molar-refractivity contribution in [1.82, 2.24) is 10.2 Å². The van der Waals surface area contributed by atoms with Crippen molar-refractivity contribution in [1.29, 1.82) is 0 Å². The van der Waals surface area contributed by atoms with Gasteiger partial charge in [-0.15, -0.1) is 10.2 Å². The van der Waals surface area contributed by atoms with Gasteiger partial charge in [0.15, 0.2) is 0 Å². The Hall–Kier alpha value is -1.93. The van der Waals surface area contributed by atoms with E-state index in [0.29, 0.717) is 22.4 Å². The molecule has 1 N–H and O–H groups in total. The smallest absolute Gasteiger partial charge is 0.276 e. The zero-order chi connectivity index (χ0) is 13.0. The van der Waals surface area contributed by atoms with E-state index >= 15 is 0 Å². The minimum atomic E-state index is -0.472. The number of nitrogens with zero attached hydrogens (tertiary/aromatic N) is 3. The molecule has 0 saturated carbocycles. The van der Waals surface area contributed by atoms with Crippen molar-refractivity contribution in [2.45, 2.75) is 5.22 Å². The molecule has 1 aromatic heterocycles. The molecular weight excluding hydrogens is 258 g/mol. The SMILES string of the molecule is O=[N+]([O-])c1ccc(-c2nnc(SCCO)o2)cc1. The van der Waals surface area contributed by atoms with Gasteiger partial charge in [0.25, 0.3) is 10.9 Å². The van der Waals surface area contributed by atoms with Crippen molar-refractivity contribution in [3.8, 4) is 11.5 Å². The van der Waals surface area contributed by atoms with Crippen LogP contribution in [0.1, 0.15) is 0 Å². The maximum atomic E-state index is 10.5. The molecule has 0 saturated heterocycles. The lowest BCUT2D eigenvalue weighted by molar-refractivity contribution is -0.384. The first-order valence-corrected chi connectivity index (χ1v) is 6.01. The van der Waals surface area contributed by atoms with Crippen molar-refractivity contribution in [3.05, 3.63) is 34.4 Å². The Labute approximate surface area is 106 Å². The van der Waals surface area contributed by atoms with Gasteiger partial charge in [-0.1, -0.05) is 11.8 Å². The summed E-state index contributed by atoms with van der Waals surface area (Å²) in [6.07, 6.45) is 0. The Morgan fingerprint density at radius 1 is 1.33 bits per heavy atom. The summed E-state index contributed by atoms with van der Waals surface area (Å²) in [6, 6.07) is 5.85. The Morgan fingerprint density at radius 2 is 2.06 bits per heavy atom. The number of rotatable bonds is 5. The quantitative estimate of drug-likeness (QED) is 0.500. The highest BCUT2D eigenvalue weighted by Gasteiger charge is 2.11. The summed E-state index contributed by atoms with van der Waals surface area (Å²) in [6.45, 7) is 0.0277. The predicted molar refractivity (Wildman–Crippen MR) is 64.2 cm³/mol. The van der Waals surface area contributed by atoms with Crippen LogP contribution < -0.4 is 0 Å². The second kappa shape index (κ2) is 5.61. The van der Waals surface area contributed by atoms with Gasteiger partial charge >= 0.3 is 0 Å². The van der Waals surface area contributed by atoms with E-state index in [1.165, 1.54) is 23.9 Å². The molecule has 2 rings (SSSR count). The van der Waals surface area contributed by atoms with E-state index < -0.39 is 4.92 Å². The van der Waals surface area contributed by atoms with Crippen LogP contribution in [0.3, 0.4) is 0 Å². The summed E-state index contributed by atoms with van der Waals surface area (Å²) >= 11 is 1.25. The van der Waals surface area contributed by atoms with Crippen LogP contribution >= 0.6 is 11.8 Å². The summed E-state index contributed by atoms with van der Waals surface area (Å²) in [5.74, 6) is 0.771. The summed E-state index contributed by atoms with van der Waals surface area (Å²) in [7, 11) is 0. The molecule has 0 amide bonds. The van der Waals surface area contributed by atoms with E-state index in [0.717, 1.165) is 0 Å². The first-order valence-electron chi connectivity index (χ1n) is 5.02. The van der Waals surface area contributed by atoms with Crippen molar-refractivity contribution in [2.75, 3.05) is 12.4 Å². The molecule has 8 heteroatoms. The zero-order valence-corrected chi connectivity index (χ0v) is 9.96. The van der Waals surface area contributed by atoms with Crippen LogP contribution in [0.4, 0.5) is 5.69 Å². The van der Waals surface area contributed by atoms with E-state index in [9.17, 15) is 10.1 Å². The van der Waals surface area contributed by atoms with Gasteiger partial charge in [0.05, 0.1) is 11.5 Å². The topological polar surface area (TPSA) is 102 Å². The molecule has 1 heterocycles. The van der Waals surface area contributed by atoms with Gasteiger partial charge < -0.3 is 9.52 Å². The molecule has 0 aliphatic heterocycles. The number of nitro groups is 1. The van der Waals surface area contributed by atoms with E-state index in [4.69, 9.17) is 9.52 Å². The fourth-order valence-electron chi connectivity index (χ4n) is 1.24. The summed E-state index contributed by atoms with van der Waals surface area (Å²) in [5.41, 5.74) is 0.622. The average molecular weight is 267 g/mol. The highest BCUT2D eigenvalue weighted by Crippen LogP contribution is 2.24. The zero-order valence-electron chi connectivity index (χ0n) is 9.15. The second-order valence-corrected chi connectivity index (χ2v) is 4.30. The fourth-order valence-corrected chi connectivity index (χ4v) is 1.75. The third kappa shape index (κ3) is 2.84. The first kappa shape index (κ1) is 12.5. The number of thioether (sulfide) groups is 1. The maximum Gasteiger partial charge on any atom is 0.276 e. The molecular formula is C10H9N3O4S. The first-order chi connectivity index (χ1) is 8.70. The maximum absolute atomic E-state index is 10.5. The Balaban J connectivity index is 2.15. The molecule has 0 radical (unpaired) electrons. The van der Waals surface area contributed by atoms with Crippen molar-refractivity contribution >= 4 is 17.4 Å². The van der Waals surface area contributed by atoms with Gasteiger partial charge in [-0.05, 0) is 12.1 Å². The van der Waals surface area contributed by atoms with Gasteiger partial charge in [-0.3, -0.25) is 10.1 Å². The fraction of sp³-hybridized carbons (Fsp3) is 0.200. The molecule has 0 unspecified atom stereocenters. The van der Waals surface area contributed by atoms with Crippen LogP contribution in [-0.2, 0) is 0 Å². The van der Waals surface area contributed by atoms with Crippen LogP contribution in [0, 0.1) is 10.1 Å². The Morgan fingerprint density at radius 3 is 2.67 bits per heavy atom. The largest absolute Gasteiger partial charge is 0.411 e. The Kier molecular flexibility index (Phi) is 3.90.